The molecule has 0 aliphatic carbocycles. The minimum Gasteiger partial charge on any atom is -1.00 e. The molecule has 2 nitrogen and oxygen atoms in total. The fourth-order valence-electron chi connectivity index (χ4n) is 1.45. The van der Waals surface area contributed by atoms with E-state index in [-0.39, 0.29) is 12.4 Å². The number of hydrogen-bond donors (Lipinski definition) is 2. The third-order valence-corrected chi connectivity index (χ3v) is 3.16. The first-order valence-corrected chi connectivity index (χ1v) is 8.27. The number of rotatable bonds is 10. The summed E-state index contributed by atoms with van der Waals surface area (Å²) in [5.74, 6) is 0. The van der Waals surface area contributed by atoms with Gasteiger partial charge < -0.3 is 22.4 Å². The zero-order valence-electron chi connectivity index (χ0n) is 12.5. The molecule has 114 valence electrons. The molecule has 18 heavy (non-hydrogen) atoms. The average Bonchev–Trinajstić information content (AvgIpc) is 2.29. The van der Waals surface area contributed by atoms with E-state index in [2.05, 4.69) is 22.9 Å². The molecule has 0 unspecified atom stereocenters. The summed E-state index contributed by atoms with van der Waals surface area (Å²) in [5.41, 5.74) is 0. The largest absolute Gasteiger partial charge is 1.00 e. The van der Waals surface area contributed by atoms with E-state index < -0.39 is 0 Å². The smallest absolute Gasteiger partial charge is 0.100 e. The summed E-state index contributed by atoms with van der Waals surface area (Å²) in [6, 6.07) is 0. The fraction of sp³-hybridized carbons (Fsp3) is 1.00. The highest BCUT2D eigenvalue weighted by Crippen LogP contribution is 2.08. The summed E-state index contributed by atoms with van der Waals surface area (Å²) >= 11 is 3.44. The first-order valence-electron chi connectivity index (χ1n) is 7.14. The van der Waals surface area contributed by atoms with Gasteiger partial charge >= 0.3 is 0 Å². The molecular weight excluding hydrogens is 314 g/mol. The van der Waals surface area contributed by atoms with Crippen LogP contribution in [0.5, 0.6) is 0 Å². The van der Waals surface area contributed by atoms with Gasteiger partial charge in [-0.3, -0.25) is 0 Å². The number of aliphatic hydroxyl groups excluding tert-OH is 1. The Labute approximate surface area is 129 Å². The van der Waals surface area contributed by atoms with E-state index in [9.17, 15) is 0 Å². The molecule has 0 saturated heterocycles. The second kappa shape index (κ2) is 22.8. The van der Waals surface area contributed by atoms with Gasteiger partial charge in [-0.15, -0.1) is 0 Å². The standard InChI is InChI=1S/C10H21Br.C4H11NO.ClH/c1-2-3-4-5-6-7-8-9-10-11;1-5(2)3-4-6;/h2-10H2,1H3;6H,3-4H2,1-2H3;1H. The second-order valence-corrected chi connectivity index (χ2v) is 5.64. The molecule has 2 N–H and O–H groups in total. The Balaban J connectivity index is -0.000000277. The predicted octanol–water partition coefficient (Wildman–Crippen LogP) is -0.351. The van der Waals surface area contributed by atoms with Gasteiger partial charge in [0.15, 0.2) is 0 Å². The van der Waals surface area contributed by atoms with Crippen molar-refractivity contribution >= 4 is 15.9 Å². The van der Waals surface area contributed by atoms with Gasteiger partial charge in [0, 0.05) is 5.33 Å². The van der Waals surface area contributed by atoms with Crippen LogP contribution in [0.2, 0.25) is 0 Å². The van der Waals surface area contributed by atoms with Crippen molar-refractivity contribution in [3.05, 3.63) is 0 Å². The van der Waals surface area contributed by atoms with E-state index in [0.717, 1.165) is 6.54 Å². The van der Waals surface area contributed by atoms with E-state index in [1.165, 1.54) is 61.6 Å². The van der Waals surface area contributed by atoms with Crippen LogP contribution < -0.4 is 17.3 Å². The quantitative estimate of drug-likeness (QED) is 0.410. The molecule has 0 bridgehead atoms. The van der Waals surface area contributed by atoms with Crippen LogP contribution in [0.4, 0.5) is 0 Å². The zero-order chi connectivity index (χ0) is 13.4. The number of unbranched alkanes of at least 4 members (excludes halogenated alkanes) is 7. The van der Waals surface area contributed by atoms with Crippen molar-refractivity contribution in [3.8, 4) is 0 Å². The van der Waals surface area contributed by atoms with Crippen LogP contribution in [0.1, 0.15) is 58.3 Å². The summed E-state index contributed by atoms with van der Waals surface area (Å²) in [7, 11) is 4.02. The lowest BCUT2D eigenvalue weighted by atomic mass is 10.1. The molecule has 0 aromatic carbocycles. The number of hydrogen-bond acceptors (Lipinski definition) is 1. The highest BCUT2D eigenvalue weighted by atomic mass is 79.9. The average molecular weight is 347 g/mol. The monoisotopic (exact) mass is 345 g/mol. The molecule has 0 aliphatic rings. The maximum Gasteiger partial charge on any atom is 0.100 e. The van der Waals surface area contributed by atoms with Gasteiger partial charge in [0.05, 0.1) is 20.7 Å². The highest BCUT2D eigenvalue weighted by Gasteiger charge is 1.89. The lowest BCUT2D eigenvalue weighted by Crippen LogP contribution is -3.06. The number of quaternary nitrogens is 1. The fourth-order valence-corrected chi connectivity index (χ4v) is 1.85. The minimum atomic E-state index is 0. The molecular formula is C14H33BrClNO. The van der Waals surface area contributed by atoms with Crippen molar-refractivity contribution in [2.75, 3.05) is 32.6 Å². The topological polar surface area (TPSA) is 24.7 Å². The molecule has 4 heteroatoms. The number of likely N-dealkylation sites (N-methyl/N-ethyl adjacent to an activating group) is 1. The molecule has 0 spiro atoms. The maximum absolute atomic E-state index is 8.22. The Hall–Kier alpha value is 0.690. The third-order valence-electron chi connectivity index (χ3n) is 2.60. The van der Waals surface area contributed by atoms with E-state index in [1.807, 2.05) is 14.1 Å². The van der Waals surface area contributed by atoms with Gasteiger partial charge in [-0.2, -0.15) is 0 Å². The molecule has 0 radical (unpaired) electrons. The minimum absolute atomic E-state index is 0. The number of halogens is 2. The van der Waals surface area contributed by atoms with Gasteiger partial charge in [-0.05, 0) is 6.42 Å². The molecule has 0 amide bonds. The number of aliphatic hydroxyl groups is 1. The summed E-state index contributed by atoms with van der Waals surface area (Å²) in [6.45, 7) is 3.41. The van der Waals surface area contributed by atoms with Gasteiger partial charge in [-0.25, -0.2) is 0 Å². The molecule has 0 fully saturated rings. The van der Waals surface area contributed by atoms with Crippen LogP contribution in [-0.2, 0) is 0 Å². The predicted molar refractivity (Wildman–Crippen MR) is 81.2 cm³/mol. The van der Waals surface area contributed by atoms with Gasteiger partial charge in [0.1, 0.15) is 6.54 Å². The summed E-state index contributed by atoms with van der Waals surface area (Å²) in [5, 5.41) is 9.40. The van der Waals surface area contributed by atoms with E-state index in [4.69, 9.17) is 5.11 Å². The van der Waals surface area contributed by atoms with Gasteiger partial charge in [0.25, 0.3) is 0 Å². The Morgan fingerprint density at radius 1 is 0.889 bits per heavy atom. The summed E-state index contributed by atoms with van der Waals surface area (Å²) in [4.78, 5) is 1.29. The van der Waals surface area contributed by atoms with Crippen LogP contribution >= 0.6 is 15.9 Å². The van der Waals surface area contributed by atoms with Gasteiger partial charge in [-0.1, -0.05) is 67.8 Å². The first kappa shape index (κ1) is 23.8. The second-order valence-electron chi connectivity index (χ2n) is 4.84. The van der Waals surface area contributed by atoms with Crippen molar-refractivity contribution in [3.63, 3.8) is 0 Å². The Bertz CT molecular complexity index is 118. The molecule has 0 aromatic rings. The van der Waals surface area contributed by atoms with Crippen LogP contribution in [0, 0.1) is 0 Å². The SMILES string of the molecule is CCCCCCCCCCBr.C[NH+](C)CCO.[Cl-]. The zero-order valence-corrected chi connectivity index (χ0v) is 14.8. The van der Waals surface area contributed by atoms with Crippen molar-refractivity contribution in [2.24, 2.45) is 0 Å². The van der Waals surface area contributed by atoms with Crippen LogP contribution in [-0.4, -0.2) is 37.7 Å². The molecule has 0 saturated carbocycles. The van der Waals surface area contributed by atoms with Crippen LogP contribution in [0.3, 0.4) is 0 Å². The maximum atomic E-state index is 8.22. The highest BCUT2D eigenvalue weighted by molar-refractivity contribution is 9.09. The van der Waals surface area contributed by atoms with Crippen molar-refractivity contribution < 1.29 is 22.4 Å². The molecule has 0 atom stereocenters. The molecule has 0 heterocycles. The first-order chi connectivity index (χ1) is 8.18. The number of nitrogens with one attached hydrogen (secondary N) is 1. The number of alkyl halides is 1. The molecule has 0 aromatic heterocycles. The van der Waals surface area contributed by atoms with E-state index in [0.29, 0.717) is 6.61 Å². The van der Waals surface area contributed by atoms with Crippen LogP contribution in [0.15, 0.2) is 0 Å². The Morgan fingerprint density at radius 3 is 1.61 bits per heavy atom. The van der Waals surface area contributed by atoms with Crippen molar-refractivity contribution in [1.29, 1.82) is 0 Å². The molecule has 0 rings (SSSR count). The summed E-state index contributed by atoms with van der Waals surface area (Å²) < 4.78 is 0. The van der Waals surface area contributed by atoms with E-state index >= 15 is 0 Å². The lowest BCUT2D eigenvalue weighted by molar-refractivity contribution is -0.858. The van der Waals surface area contributed by atoms with Crippen molar-refractivity contribution in [2.45, 2.75) is 58.3 Å². The van der Waals surface area contributed by atoms with Crippen molar-refractivity contribution in [1.82, 2.24) is 0 Å². The molecule has 0 aliphatic heterocycles. The third kappa shape index (κ3) is 30.1. The normalized spacial score (nSPS) is 9.67. The van der Waals surface area contributed by atoms with E-state index in [1.54, 1.807) is 0 Å². The van der Waals surface area contributed by atoms with Gasteiger partial charge in [0.2, 0.25) is 0 Å². The summed E-state index contributed by atoms with van der Waals surface area (Å²) in [6.07, 6.45) is 11.4. The lowest BCUT2D eigenvalue weighted by Gasteiger charge is -2.00. The Morgan fingerprint density at radius 2 is 1.33 bits per heavy atom. The Kier molecular flexibility index (Phi) is 30.1. The van der Waals surface area contributed by atoms with Crippen LogP contribution in [0.25, 0.3) is 0 Å².